The van der Waals surface area contributed by atoms with E-state index in [2.05, 4.69) is 13.8 Å². The van der Waals surface area contributed by atoms with E-state index in [0.717, 1.165) is 25.7 Å². The van der Waals surface area contributed by atoms with Crippen molar-refractivity contribution in [3.05, 3.63) is 0 Å². The van der Waals surface area contributed by atoms with Gasteiger partial charge in [-0.1, -0.05) is 155 Å². The van der Waals surface area contributed by atoms with Crippen molar-refractivity contribution < 1.29 is 35.1 Å². The van der Waals surface area contributed by atoms with Gasteiger partial charge in [-0.05, 0) is 12.8 Å². The highest BCUT2D eigenvalue weighted by atomic mass is 16.4. The molecule has 0 heterocycles. The van der Waals surface area contributed by atoms with E-state index in [1.807, 2.05) is 0 Å². The predicted octanol–water partition coefficient (Wildman–Crippen LogP) is 8.66. The van der Waals surface area contributed by atoms with Crippen LogP contribution in [0.4, 0.5) is 0 Å². The first-order valence-electron chi connectivity index (χ1n) is 16.7. The molecule has 0 aromatic rings. The summed E-state index contributed by atoms with van der Waals surface area (Å²) in [4.78, 5) is 20.5. The molecule has 0 rings (SSSR count). The maximum atomic E-state index is 10.3. The van der Waals surface area contributed by atoms with E-state index in [1.165, 1.54) is 128 Å². The summed E-state index contributed by atoms with van der Waals surface area (Å²) in [5.74, 6) is -1.31. The van der Waals surface area contributed by atoms with Crippen molar-refractivity contribution in [3.8, 4) is 0 Å². The first kappa shape index (κ1) is 43.3. The van der Waals surface area contributed by atoms with E-state index in [9.17, 15) is 9.59 Å². The molecule has 0 aromatic heterocycles. The van der Waals surface area contributed by atoms with Gasteiger partial charge in [0.25, 0.3) is 0 Å². The SMILES string of the molecule is CCCCCCCCCCCC(=O)O.CCCCCCCCCCCCCCCCCC(=O)O.OCC(O)CO. The Hall–Kier alpha value is -1.18. The molecule has 40 heavy (non-hydrogen) atoms. The molecule has 0 aliphatic rings. The predicted molar refractivity (Wildman–Crippen MR) is 167 cm³/mol. The molecule has 7 nitrogen and oxygen atoms in total. The smallest absolute Gasteiger partial charge is 0.303 e. The zero-order valence-corrected chi connectivity index (χ0v) is 26.4. The highest BCUT2D eigenvalue weighted by Crippen LogP contribution is 2.14. The Kier molecular flexibility index (Phi) is 43.2. The number of aliphatic carboxylic acids is 2. The summed E-state index contributed by atoms with van der Waals surface area (Å²) < 4.78 is 0. The number of carboxylic acids is 2. The van der Waals surface area contributed by atoms with Gasteiger partial charge in [0.2, 0.25) is 0 Å². The van der Waals surface area contributed by atoms with Crippen LogP contribution in [0.5, 0.6) is 0 Å². The first-order valence-corrected chi connectivity index (χ1v) is 16.7. The van der Waals surface area contributed by atoms with Crippen LogP contribution in [0.3, 0.4) is 0 Å². The molecule has 5 N–H and O–H groups in total. The van der Waals surface area contributed by atoms with Crippen LogP contribution in [-0.2, 0) is 9.59 Å². The molecule has 242 valence electrons. The quantitative estimate of drug-likeness (QED) is 0.0588. The Bertz CT molecular complexity index is 481. The highest BCUT2D eigenvalue weighted by molar-refractivity contribution is 5.66. The second-order valence-electron chi connectivity index (χ2n) is 11.1. The lowest BCUT2D eigenvalue weighted by atomic mass is 10.0. The number of hydrogen-bond donors (Lipinski definition) is 5. The first-order chi connectivity index (χ1) is 19.3. The molecule has 0 atom stereocenters. The molecular weight excluding hydrogens is 508 g/mol. The third-order valence-electron chi connectivity index (χ3n) is 6.91. The fourth-order valence-corrected chi connectivity index (χ4v) is 4.29. The number of carboxylic acid groups (broad SMARTS) is 2. The number of hydrogen-bond acceptors (Lipinski definition) is 5. The monoisotopic (exact) mass is 576 g/mol. The van der Waals surface area contributed by atoms with Crippen molar-refractivity contribution >= 4 is 11.9 Å². The minimum Gasteiger partial charge on any atom is -0.481 e. The molecule has 0 radical (unpaired) electrons. The lowest BCUT2D eigenvalue weighted by molar-refractivity contribution is -0.138. The molecule has 0 saturated carbocycles. The normalized spacial score (nSPS) is 10.6. The third-order valence-corrected chi connectivity index (χ3v) is 6.91. The van der Waals surface area contributed by atoms with Gasteiger partial charge >= 0.3 is 11.9 Å². The van der Waals surface area contributed by atoms with Crippen LogP contribution in [0.1, 0.15) is 181 Å². The summed E-state index contributed by atoms with van der Waals surface area (Å²) in [5.41, 5.74) is 0. The topological polar surface area (TPSA) is 135 Å². The Labute approximate surface area is 247 Å². The summed E-state index contributed by atoms with van der Waals surface area (Å²) >= 11 is 0. The van der Waals surface area contributed by atoms with Crippen LogP contribution < -0.4 is 0 Å². The van der Waals surface area contributed by atoms with Gasteiger partial charge < -0.3 is 25.5 Å². The van der Waals surface area contributed by atoms with E-state index < -0.39 is 18.0 Å². The fourth-order valence-electron chi connectivity index (χ4n) is 4.29. The van der Waals surface area contributed by atoms with Crippen LogP contribution >= 0.6 is 0 Å². The molecule has 7 heteroatoms. The van der Waals surface area contributed by atoms with E-state index in [4.69, 9.17) is 25.5 Å². The van der Waals surface area contributed by atoms with Crippen molar-refractivity contribution in [2.45, 2.75) is 187 Å². The number of aliphatic hydroxyl groups is 3. The molecule has 0 spiro atoms. The Morgan fingerprint density at radius 3 is 0.775 bits per heavy atom. The van der Waals surface area contributed by atoms with Crippen LogP contribution in [0.25, 0.3) is 0 Å². The molecule has 0 aromatic carbocycles. The molecule has 0 amide bonds. The number of rotatable bonds is 28. The molecule has 0 unspecified atom stereocenters. The van der Waals surface area contributed by atoms with Crippen molar-refractivity contribution in [1.29, 1.82) is 0 Å². The molecule has 0 aliphatic carbocycles. The van der Waals surface area contributed by atoms with Gasteiger partial charge in [-0.3, -0.25) is 9.59 Å². The molecule has 0 fully saturated rings. The van der Waals surface area contributed by atoms with E-state index >= 15 is 0 Å². The second-order valence-corrected chi connectivity index (χ2v) is 11.1. The molecule has 0 aliphatic heterocycles. The number of unbranched alkanes of at least 4 members (excludes halogenated alkanes) is 22. The van der Waals surface area contributed by atoms with E-state index in [0.29, 0.717) is 12.8 Å². The minimum atomic E-state index is -0.954. The van der Waals surface area contributed by atoms with Gasteiger partial charge in [-0.25, -0.2) is 0 Å². The second kappa shape index (κ2) is 40.0. The van der Waals surface area contributed by atoms with Crippen molar-refractivity contribution in [3.63, 3.8) is 0 Å². The van der Waals surface area contributed by atoms with Gasteiger partial charge in [0.15, 0.2) is 0 Å². The maximum Gasteiger partial charge on any atom is 0.303 e. The average Bonchev–Trinajstić information content (AvgIpc) is 2.94. The zero-order chi connectivity index (χ0) is 30.5. The maximum absolute atomic E-state index is 10.3. The summed E-state index contributed by atoms with van der Waals surface area (Å²) in [6.07, 6.45) is 30.7. The molecular formula is C33H68O7. The van der Waals surface area contributed by atoms with Crippen molar-refractivity contribution in [1.82, 2.24) is 0 Å². The average molecular weight is 577 g/mol. The van der Waals surface area contributed by atoms with Crippen molar-refractivity contribution in [2.24, 2.45) is 0 Å². The van der Waals surface area contributed by atoms with Crippen LogP contribution in [0, 0.1) is 0 Å². The third kappa shape index (κ3) is 49.7. The fraction of sp³-hybridized carbons (Fsp3) is 0.939. The standard InChI is InChI=1S/C18H36O2.C12H24O2.C3H8O3/c1-2-3-4-5-6-7-8-9-10-11-12-13-14-15-16-17-18(19)20;1-2-3-4-5-6-7-8-9-10-11-12(13)14;4-1-3(6)2-5/h2-17H2,1H3,(H,19,20);2-11H2,1H3,(H,13,14);3-6H,1-2H2. The van der Waals surface area contributed by atoms with Crippen LogP contribution in [0.2, 0.25) is 0 Å². The molecule has 0 bridgehead atoms. The minimum absolute atomic E-state index is 0.343. The van der Waals surface area contributed by atoms with Gasteiger partial charge in [-0.2, -0.15) is 0 Å². The van der Waals surface area contributed by atoms with E-state index in [-0.39, 0.29) is 13.2 Å². The summed E-state index contributed by atoms with van der Waals surface area (Å²) in [6, 6.07) is 0. The van der Waals surface area contributed by atoms with Gasteiger partial charge in [-0.15, -0.1) is 0 Å². The Morgan fingerprint density at radius 1 is 0.425 bits per heavy atom. The summed E-state index contributed by atoms with van der Waals surface area (Å²) in [7, 11) is 0. The number of carbonyl (C=O) groups is 2. The largest absolute Gasteiger partial charge is 0.481 e. The van der Waals surface area contributed by atoms with Crippen LogP contribution in [-0.4, -0.2) is 56.8 Å². The summed E-state index contributed by atoms with van der Waals surface area (Å²) in [6.45, 7) is 3.77. The van der Waals surface area contributed by atoms with Gasteiger partial charge in [0, 0.05) is 12.8 Å². The van der Waals surface area contributed by atoms with Gasteiger partial charge in [0.1, 0.15) is 6.10 Å². The van der Waals surface area contributed by atoms with E-state index in [1.54, 1.807) is 0 Å². The lowest BCUT2D eigenvalue weighted by Gasteiger charge is -2.03. The van der Waals surface area contributed by atoms with Crippen LogP contribution in [0.15, 0.2) is 0 Å². The highest BCUT2D eigenvalue weighted by Gasteiger charge is 1.98. The van der Waals surface area contributed by atoms with Crippen molar-refractivity contribution in [2.75, 3.05) is 13.2 Å². The number of aliphatic hydroxyl groups excluding tert-OH is 3. The summed E-state index contributed by atoms with van der Waals surface area (Å²) in [5, 5.41) is 40.9. The Morgan fingerprint density at radius 2 is 0.625 bits per heavy atom. The molecule has 0 saturated heterocycles. The zero-order valence-electron chi connectivity index (χ0n) is 26.4. The lowest BCUT2D eigenvalue weighted by Crippen LogP contribution is -2.15. The Balaban J connectivity index is -0.000000591. The van der Waals surface area contributed by atoms with Gasteiger partial charge in [0.05, 0.1) is 13.2 Å².